The van der Waals surface area contributed by atoms with Crippen molar-refractivity contribution < 1.29 is 29.7 Å². The minimum Gasteiger partial charge on any atom is -0.507 e. The lowest BCUT2D eigenvalue weighted by molar-refractivity contribution is -0.134. The monoisotopic (exact) mass is 529 g/mol. The van der Waals surface area contributed by atoms with Crippen molar-refractivity contribution in [3.8, 4) is 5.75 Å². The number of anilines is 2. The molecule has 0 aromatic heterocycles. The number of aromatic hydroxyl groups is 1. The van der Waals surface area contributed by atoms with E-state index in [4.69, 9.17) is 11.6 Å². The quantitative estimate of drug-likeness (QED) is 0.271. The van der Waals surface area contributed by atoms with E-state index in [1.165, 1.54) is 19.1 Å². The van der Waals surface area contributed by atoms with Crippen molar-refractivity contribution in [3.63, 3.8) is 0 Å². The number of carboxylic acids is 2. The summed E-state index contributed by atoms with van der Waals surface area (Å²) in [5.74, 6) is -3.61. The number of hydrogen-bond acceptors (Lipinski definition) is 5. The summed E-state index contributed by atoms with van der Waals surface area (Å²) in [4.78, 5) is 36.1. The Hall–Kier alpha value is -4.62. The van der Waals surface area contributed by atoms with Gasteiger partial charge in [0.2, 0.25) is 0 Å². The van der Waals surface area contributed by atoms with E-state index in [9.17, 15) is 29.7 Å². The van der Waals surface area contributed by atoms with Crippen LogP contribution in [0.4, 0.5) is 11.4 Å². The van der Waals surface area contributed by atoms with Gasteiger partial charge in [-0.15, -0.1) is 0 Å². The number of phenols is 1. The van der Waals surface area contributed by atoms with Gasteiger partial charge in [-0.05, 0) is 108 Å². The van der Waals surface area contributed by atoms with Gasteiger partial charge in [-0.2, -0.15) is 0 Å². The Kier molecular flexibility index (Phi) is 7.23. The second-order valence-electron chi connectivity index (χ2n) is 8.96. The molecule has 0 saturated heterocycles. The minimum absolute atomic E-state index is 0.237. The molecule has 1 aliphatic rings. The number of carbonyl (C=O) groups excluding carboxylic acids is 1. The number of ketones is 1. The van der Waals surface area contributed by atoms with Crippen LogP contribution in [0.3, 0.4) is 0 Å². The smallest absolute Gasteiger partial charge is 0.339 e. The van der Waals surface area contributed by atoms with Crippen LogP contribution in [0.2, 0.25) is 5.02 Å². The van der Waals surface area contributed by atoms with Crippen LogP contribution in [-0.4, -0.2) is 33.0 Å². The first-order chi connectivity index (χ1) is 18.0. The molecule has 192 valence electrons. The van der Waals surface area contributed by atoms with Crippen LogP contribution < -0.4 is 5.32 Å². The number of hydrogen-bond donors (Lipinski definition) is 4. The number of aryl methyl sites for hydroxylation is 1. The zero-order chi connectivity index (χ0) is 27.7. The molecular formula is C30H24ClNO6. The number of Topliss-reactive ketones (excluding diaryl/α,β-unsaturated/α-hetero) is 1. The summed E-state index contributed by atoms with van der Waals surface area (Å²) in [5.41, 5.74) is 4.41. The Labute approximate surface area is 224 Å². The molecule has 38 heavy (non-hydrogen) atoms. The van der Waals surface area contributed by atoms with Crippen molar-refractivity contribution in [1.82, 2.24) is 0 Å². The highest BCUT2D eigenvalue weighted by molar-refractivity contribution is 6.31. The molecule has 0 bridgehead atoms. The van der Waals surface area contributed by atoms with Crippen molar-refractivity contribution in [2.45, 2.75) is 20.8 Å². The third-order valence-electron chi connectivity index (χ3n) is 6.33. The third kappa shape index (κ3) is 5.10. The lowest BCUT2D eigenvalue weighted by Crippen LogP contribution is -2.17. The first-order valence-electron chi connectivity index (χ1n) is 11.6. The Morgan fingerprint density at radius 2 is 1.55 bits per heavy atom. The molecule has 0 saturated carbocycles. The first kappa shape index (κ1) is 26.4. The van der Waals surface area contributed by atoms with Crippen LogP contribution in [0.25, 0.3) is 5.57 Å². The second kappa shape index (κ2) is 10.4. The van der Waals surface area contributed by atoms with E-state index in [1.54, 1.807) is 37.3 Å². The van der Waals surface area contributed by atoms with Gasteiger partial charge in [-0.25, -0.2) is 9.59 Å². The predicted molar refractivity (Wildman–Crippen MR) is 146 cm³/mol. The lowest BCUT2D eigenvalue weighted by Gasteiger charge is -2.19. The molecular weight excluding hydrogens is 506 g/mol. The van der Waals surface area contributed by atoms with E-state index in [1.807, 2.05) is 31.2 Å². The molecule has 0 fully saturated rings. The summed E-state index contributed by atoms with van der Waals surface area (Å²) in [6.45, 7) is 5.01. The van der Waals surface area contributed by atoms with E-state index >= 15 is 0 Å². The zero-order valence-electron chi connectivity index (χ0n) is 20.8. The largest absolute Gasteiger partial charge is 0.507 e. The number of benzene rings is 3. The van der Waals surface area contributed by atoms with Gasteiger partial charge in [-0.3, -0.25) is 4.79 Å². The van der Waals surface area contributed by atoms with Gasteiger partial charge < -0.3 is 20.6 Å². The van der Waals surface area contributed by atoms with E-state index < -0.39 is 17.7 Å². The zero-order valence-corrected chi connectivity index (χ0v) is 21.6. The SMILES string of the molecule is CC1=CC(=C(c2ccc(Nc3cccc(Cl)c3C)cc2)c2cc(C)c(O)c(C(=O)O)c2)C=C(C(=O)O)C1=O. The molecule has 0 amide bonds. The fourth-order valence-electron chi connectivity index (χ4n) is 4.28. The Bertz CT molecular complexity index is 1600. The fourth-order valence-corrected chi connectivity index (χ4v) is 4.46. The van der Waals surface area contributed by atoms with Crippen molar-refractivity contribution in [2.24, 2.45) is 0 Å². The molecule has 3 aromatic rings. The van der Waals surface area contributed by atoms with Gasteiger partial charge in [-0.1, -0.05) is 29.8 Å². The normalized spacial score (nSPS) is 14.5. The third-order valence-corrected chi connectivity index (χ3v) is 6.74. The number of nitrogens with one attached hydrogen (secondary N) is 1. The number of carbonyl (C=O) groups is 3. The molecule has 0 spiro atoms. The maximum absolute atomic E-state index is 12.5. The summed E-state index contributed by atoms with van der Waals surface area (Å²) in [6.07, 6.45) is 2.87. The molecule has 0 atom stereocenters. The fraction of sp³-hybridized carbons (Fsp3) is 0.100. The highest BCUT2D eigenvalue weighted by atomic mass is 35.5. The summed E-state index contributed by atoms with van der Waals surface area (Å²) < 4.78 is 0. The summed E-state index contributed by atoms with van der Waals surface area (Å²) >= 11 is 6.23. The predicted octanol–water partition coefficient (Wildman–Crippen LogP) is 6.45. The van der Waals surface area contributed by atoms with Crippen molar-refractivity contribution in [1.29, 1.82) is 0 Å². The van der Waals surface area contributed by atoms with Crippen LogP contribution in [0, 0.1) is 13.8 Å². The average Bonchev–Trinajstić information content (AvgIpc) is 2.86. The molecule has 1 aliphatic carbocycles. The van der Waals surface area contributed by atoms with Crippen LogP contribution in [0.5, 0.6) is 5.75 Å². The Morgan fingerprint density at radius 3 is 2.18 bits per heavy atom. The van der Waals surface area contributed by atoms with Gasteiger partial charge in [0, 0.05) is 16.4 Å². The van der Waals surface area contributed by atoms with Gasteiger partial charge in [0.15, 0.2) is 5.78 Å². The molecule has 3 aromatic carbocycles. The maximum atomic E-state index is 12.5. The van der Waals surface area contributed by atoms with Gasteiger partial charge >= 0.3 is 11.9 Å². The highest BCUT2D eigenvalue weighted by Crippen LogP contribution is 2.36. The number of rotatable bonds is 6. The summed E-state index contributed by atoms with van der Waals surface area (Å²) in [5, 5.41) is 33.5. The van der Waals surface area contributed by atoms with Crippen LogP contribution in [-0.2, 0) is 9.59 Å². The molecule has 0 heterocycles. The molecule has 7 nitrogen and oxygen atoms in total. The van der Waals surface area contributed by atoms with Crippen LogP contribution in [0.15, 0.2) is 83.5 Å². The number of carboxylic acid groups (broad SMARTS) is 2. The molecule has 8 heteroatoms. The minimum atomic E-state index is -1.36. The molecule has 4 N–H and O–H groups in total. The van der Waals surface area contributed by atoms with E-state index in [2.05, 4.69) is 5.32 Å². The highest BCUT2D eigenvalue weighted by Gasteiger charge is 2.25. The first-order valence-corrected chi connectivity index (χ1v) is 12.0. The van der Waals surface area contributed by atoms with E-state index in [0.717, 1.165) is 16.9 Å². The van der Waals surface area contributed by atoms with Crippen molar-refractivity contribution in [2.75, 3.05) is 5.32 Å². The topological polar surface area (TPSA) is 124 Å². The maximum Gasteiger partial charge on any atom is 0.339 e. The van der Waals surface area contributed by atoms with Gasteiger partial charge in [0.05, 0.1) is 0 Å². The van der Waals surface area contributed by atoms with Crippen LogP contribution in [0.1, 0.15) is 39.5 Å². The van der Waals surface area contributed by atoms with E-state index in [-0.39, 0.29) is 22.5 Å². The summed E-state index contributed by atoms with van der Waals surface area (Å²) in [6, 6.07) is 15.8. The standard InChI is InChI=1S/C30H24ClNO6/c1-15-11-19(13-22(27(15)33)29(35)36)26(20-12-16(2)28(34)23(14-20)30(37)38)18-7-9-21(10-8-18)32-25-6-4-5-24(31)17(25)3/h4-14,32-33H,1-3H3,(H,35,36)(H,37,38). The number of halogens is 1. The van der Waals surface area contributed by atoms with E-state index in [0.29, 0.717) is 32.9 Å². The summed E-state index contributed by atoms with van der Waals surface area (Å²) in [7, 11) is 0. The Balaban J connectivity index is 1.91. The average molecular weight is 530 g/mol. The molecule has 0 unspecified atom stereocenters. The van der Waals surface area contributed by atoms with Gasteiger partial charge in [0.25, 0.3) is 0 Å². The van der Waals surface area contributed by atoms with Crippen molar-refractivity contribution >= 4 is 46.3 Å². The second-order valence-corrected chi connectivity index (χ2v) is 9.37. The molecule has 4 rings (SSSR count). The Morgan fingerprint density at radius 1 is 0.868 bits per heavy atom. The lowest BCUT2D eigenvalue weighted by atomic mass is 9.85. The van der Waals surface area contributed by atoms with Gasteiger partial charge in [0.1, 0.15) is 16.9 Å². The molecule has 0 aliphatic heterocycles. The number of aliphatic carboxylic acids is 1. The number of aromatic carboxylic acids is 1. The molecule has 0 radical (unpaired) electrons. The number of allylic oxidation sites excluding steroid dienone is 4. The van der Waals surface area contributed by atoms with Crippen LogP contribution >= 0.6 is 11.6 Å². The van der Waals surface area contributed by atoms with Crippen molar-refractivity contribution in [3.05, 3.63) is 116 Å².